The number of hydrogen-bond donors (Lipinski definition) is 3. The lowest BCUT2D eigenvalue weighted by atomic mass is 10.0. The highest BCUT2D eigenvalue weighted by Gasteiger charge is 2.18. The minimum atomic E-state index is -0.852. The zero-order valence-electron chi connectivity index (χ0n) is 38.3. The molecule has 0 fully saturated rings. The van der Waals surface area contributed by atoms with E-state index in [9.17, 15) is 19.8 Å². The summed E-state index contributed by atoms with van der Waals surface area (Å²) in [5.74, 6) is -0.0911. The van der Waals surface area contributed by atoms with E-state index in [0.717, 1.165) is 57.8 Å². The molecule has 0 aliphatic carbocycles. The van der Waals surface area contributed by atoms with Crippen molar-refractivity contribution in [2.45, 2.75) is 289 Å². The molecule has 338 valence electrons. The maximum Gasteiger partial charge on any atom is 0.305 e. The summed E-state index contributed by atoms with van der Waals surface area (Å²) in [6, 6.07) is -0.637. The fourth-order valence-corrected chi connectivity index (χ4v) is 7.87. The van der Waals surface area contributed by atoms with Crippen molar-refractivity contribution in [2.24, 2.45) is 0 Å². The van der Waals surface area contributed by atoms with Gasteiger partial charge in [-0.1, -0.05) is 244 Å². The molecule has 6 heteroatoms. The Morgan fingerprint density at radius 2 is 0.807 bits per heavy atom. The lowest BCUT2D eigenvalue weighted by Gasteiger charge is -2.20. The second-order valence-corrected chi connectivity index (χ2v) is 17.5. The number of amides is 1. The third kappa shape index (κ3) is 44.0. The second kappa shape index (κ2) is 47.3. The summed E-state index contributed by atoms with van der Waals surface area (Å²) in [4.78, 5) is 24.4. The lowest BCUT2D eigenvalue weighted by Crippen LogP contribution is -2.45. The van der Waals surface area contributed by atoms with Gasteiger partial charge in [-0.2, -0.15) is 0 Å². The van der Waals surface area contributed by atoms with Crippen LogP contribution in [0.5, 0.6) is 0 Å². The highest BCUT2D eigenvalue weighted by Crippen LogP contribution is 2.16. The van der Waals surface area contributed by atoms with Gasteiger partial charge < -0.3 is 20.3 Å². The van der Waals surface area contributed by atoms with Crippen LogP contribution in [0.2, 0.25) is 0 Å². The van der Waals surface area contributed by atoms with Gasteiger partial charge in [0.05, 0.1) is 25.4 Å². The average molecular weight is 806 g/mol. The average Bonchev–Trinajstić information content (AvgIpc) is 3.21. The second-order valence-electron chi connectivity index (χ2n) is 17.5. The van der Waals surface area contributed by atoms with E-state index < -0.39 is 12.1 Å². The minimum Gasteiger partial charge on any atom is -0.466 e. The van der Waals surface area contributed by atoms with Crippen molar-refractivity contribution in [2.75, 3.05) is 13.2 Å². The van der Waals surface area contributed by atoms with E-state index in [0.29, 0.717) is 19.4 Å². The predicted octanol–water partition coefficient (Wildman–Crippen LogP) is 15.0. The molecule has 3 N–H and O–H groups in total. The fourth-order valence-electron chi connectivity index (χ4n) is 7.87. The molecule has 2 atom stereocenters. The quantitative estimate of drug-likeness (QED) is 0.0323. The number of rotatable bonds is 47. The zero-order chi connectivity index (χ0) is 41.5. The molecule has 0 heterocycles. The molecule has 0 aromatic heterocycles. The van der Waals surface area contributed by atoms with E-state index in [1.807, 2.05) is 6.08 Å². The maximum atomic E-state index is 12.4. The van der Waals surface area contributed by atoms with Gasteiger partial charge in [-0.15, -0.1) is 0 Å². The summed E-state index contributed by atoms with van der Waals surface area (Å²) in [5.41, 5.74) is 0. The summed E-state index contributed by atoms with van der Waals surface area (Å²) in [5, 5.41) is 23.0. The van der Waals surface area contributed by atoms with Crippen molar-refractivity contribution < 1.29 is 24.5 Å². The first-order valence-corrected chi connectivity index (χ1v) is 25.5. The Morgan fingerprint density at radius 1 is 0.474 bits per heavy atom. The van der Waals surface area contributed by atoms with Crippen molar-refractivity contribution in [1.29, 1.82) is 0 Å². The van der Waals surface area contributed by atoms with Crippen LogP contribution in [0.3, 0.4) is 0 Å². The van der Waals surface area contributed by atoms with Crippen LogP contribution in [0.15, 0.2) is 12.2 Å². The van der Waals surface area contributed by atoms with Crippen LogP contribution < -0.4 is 5.32 Å². The molecule has 0 aromatic rings. The first-order valence-electron chi connectivity index (χ1n) is 25.5. The number of allylic oxidation sites excluding steroid dienone is 1. The summed E-state index contributed by atoms with van der Waals surface area (Å²) in [6.45, 7) is 4.87. The van der Waals surface area contributed by atoms with Crippen molar-refractivity contribution in [3.63, 3.8) is 0 Å². The van der Waals surface area contributed by atoms with Crippen LogP contribution in [0.25, 0.3) is 0 Å². The minimum absolute atomic E-state index is 0.00854. The van der Waals surface area contributed by atoms with Crippen LogP contribution in [-0.4, -0.2) is 47.4 Å². The molecule has 0 aromatic carbocycles. The molecule has 0 bridgehead atoms. The Labute approximate surface area is 355 Å². The van der Waals surface area contributed by atoms with E-state index in [1.54, 1.807) is 6.08 Å². The van der Waals surface area contributed by atoms with E-state index in [2.05, 4.69) is 19.2 Å². The normalized spacial score (nSPS) is 12.7. The smallest absolute Gasteiger partial charge is 0.305 e. The Balaban J connectivity index is 3.48. The number of carbonyl (C=O) groups excluding carboxylic acids is 2. The van der Waals surface area contributed by atoms with Crippen molar-refractivity contribution in [3.8, 4) is 0 Å². The van der Waals surface area contributed by atoms with Gasteiger partial charge in [-0.05, 0) is 32.1 Å². The number of aliphatic hydroxyl groups excluding tert-OH is 2. The van der Waals surface area contributed by atoms with E-state index in [4.69, 9.17) is 4.74 Å². The Hall–Kier alpha value is -1.40. The van der Waals surface area contributed by atoms with Crippen molar-refractivity contribution in [1.82, 2.24) is 5.32 Å². The number of hydrogen-bond acceptors (Lipinski definition) is 5. The maximum absolute atomic E-state index is 12.4. The van der Waals surface area contributed by atoms with Crippen LogP contribution in [0, 0.1) is 0 Å². The summed E-state index contributed by atoms with van der Waals surface area (Å²) in [6.07, 6.45) is 53.4. The molecule has 6 nitrogen and oxygen atoms in total. The van der Waals surface area contributed by atoms with E-state index >= 15 is 0 Å². The molecule has 0 rings (SSSR count). The molecule has 0 aliphatic rings. The van der Waals surface area contributed by atoms with Crippen LogP contribution >= 0.6 is 0 Å². The third-order valence-electron chi connectivity index (χ3n) is 11.8. The van der Waals surface area contributed by atoms with Gasteiger partial charge in [0, 0.05) is 12.8 Å². The number of unbranched alkanes of at least 4 members (excludes halogenated alkanes) is 36. The Morgan fingerprint density at radius 3 is 1.19 bits per heavy atom. The van der Waals surface area contributed by atoms with Crippen LogP contribution in [0.1, 0.15) is 277 Å². The van der Waals surface area contributed by atoms with Gasteiger partial charge in [0.15, 0.2) is 0 Å². The first-order chi connectivity index (χ1) is 28.0. The molecule has 0 aliphatic heterocycles. The van der Waals surface area contributed by atoms with Crippen LogP contribution in [-0.2, 0) is 14.3 Å². The monoisotopic (exact) mass is 806 g/mol. The third-order valence-corrected chi connectivity index (χ3v) is 11.8. The SMILES string of the molecule is CCCCCCCCCCCCCC/C=C/C(O)C(CO)NC(=O)CCCCCCCCCCCCCCOC(=O)CCCCCCCCCCCCCCCC. The highest BCUT2D eigenvalue weighted by atomic mass is 16.5. The topological polar surface area (TPSA) is 95.9 Å². The van der Waals surface area contributed by atoms with E-state index in [-0.39, 0.29) is 18.5 Å². The Kier molecular flexibility index (Phi) is 46.1. The molecule has 0 spiro atoms. The van der Waals surface area contributed by atoms with Gasteiger partial charge in [0.2, 0.25) is 5.91 Å². The number of aliphatic hydroxyl groups is 2. The number of ether oxygens (including phenoxy) is 1. The fraction of sp³-hybridized carbons (Fsp3) is 0.922. The van der Waals surface area contributed by atoms with Gasteiger partial charge in [0.25, 0.3) is 0 Å². The summed E-state index contributed by atoms with van der Waals surface area (Å²) >= 11 is 0. The largest absolute Gasteiger partial charge is 0.466 e. The molecular weight excluding hydrogens is 707 g/mol. The van der Waals surface area contributed by atoms with Gasteiger partial charge in [-0.25, -0.2) is 0 Å². The first kappa shape index (κ1) is 55.6. The number of nitrogens with one attached hydrogen (secondary N) is 1. The van der Waals surface area contributed by atoms with Crippen LogP contribution in [0.4, 0.5) is 0 Å². The molecule has 1 amide bonds. The van der Waals surface area contributed by atoms with Gasteiger partial charge in [-0.3, -0.25) is 9.59 Å². The highest BCUT2D eigenvalue weighted by molar-refractivity contribution is 5.76. The number of esters is 1. The van der Waals surface area contributed by atoms with Gasteiger partial charge in [0.1, 0.15) is 0 Å². The summed E-state index contributed by atoms with van der Waals surface area (Å²) < 4.78 is 5.46. The summed E-state index contributed by atoms with van der Waals surface area (Å²) in [7, 11) is 0. The zero-order valence-corrected chi connectivity index (χ0v) is 38.3. The van der Waals surface area contributed by atoms with Crippen molar-refractivity contribution in [3.05, 3.63) is 12.2 Å². The van der Waals surface area contributed by atoms with Gasteiger partial charge >= 0.3 is 5.97 Å². The molecule has 0 radical (unpaired) electrons. The van der Waals surface area contributed by atoms with E-state index in [1.165, 1.54) is 193 Å². The standard InChI is InChI=1S/C51H99NO5/c1-3-5-7-9-11-13-15-17-19-23-27-31-35-39-43-49(54)48(47-53)52-50(55)44-40-36-32-28-24-21-22-26-30-34-38-42-46-57-51(56)45-41-37-33-29-25-20-18-16-14-12-10-8-6-4-2/h39,43,48-49,53-54H,3-38,40-42,44-47H2,1-2H3,(H,52,55)/b43-39+. The predicted molar refractivity (Wildman–Crippen MR) is 246 cm³/mol. The molecular formula is C51H99NO5. The molecule has 2 unspecified atom stereocenters. The molecule has 0 saturated carbocycles. The molecule has 57 heavy (non-hydrogen) atoms. The lowest BCUT2D eigenvalue weighted by molar-refractivity contribution is -0.143. The molecule has 0 saturated heterocycles. The Bertz CT molecular complexity index is 847. The van der Waals surface area contributed by atoms with Crippen molar-refractivity contribution >= 4 is 11.9 Å². The number of carbonyl (C=O) groups is 2.